The van der Waals surface area contributed by atoms with Crippen LogP contribution in [0.1, 0.15) is 69.2 Å². The Bertz CT molecular complexity index is 2480. The maximum Gasteiger partial charge on any atom is 0.430 e. The van der Waals surface area contributed by atoms with Crippen molar-refractivity contribution in [1.29, 1.82) is 0 Å². The molecule has 59 heavy (non-hydrogen) atoms. The van der Waals surface area contributed by atoms with Gasteiger partial charge in [0.05, 0.1) is 27.9 Å². The minimum Gasteiger partial charge on any atom is -0.457 e. The summed E-state index contributed by atoms with van der Waals surface area (Å²) in [5, 5.41) is 20.8. The van der Waals surface area contributed by atoms with Crippen molar-refractivity contribution in [1.82, 2.24) is 4.90 Å². The van der Waals surface area contributed by atoms with Crippen molar-refractivity contribution in [2.45, 2.75) is 56.7 Å². The minimum atomic E-state index is -6.71. The van der Waals surface area contributed by atoms with Crippen LogP contribution in [0, 0.1) is 20.8 Å². The molecule has 0 atom stereocenters. The van der Waals surface area contributed by atoms with Gasteiger partial charge in [-0.3, -0.25) is 24.1 Å². The highest BCUT2D eigenvalue weighted by atomic mass is 19.4. The molecule has 0 fully saturated rings. The number of carbonyl (C=O) groups excluding carboxylic acids is 4. The zero-order chi connectivity index (χ0) is 44.3. The van der Waals surface area contributed by atoms with Crippen LogP contribution in [0.3, 0.4) is 0 Å². The van der Waals surface area contributed by atoms with Crippen molar-refractivity contribution < 1.29 is 86.8 Å². The minimum absolute atomic E-state index is 0.0344. The molecule has 0 aromatic heterocycles. The van der Waals surface area contributed by atoms with Gasteiger partial charge < -0.3 is 14.9 Å². The lowest BCUT2D eigenvalue weighted by Crippen LogP contribution is -2.54. The second-order valence-electron chi connectivity index (χ2n) is 13.7. The molecule has 2 heterocycles. The number of hydrogen-bond acceptors (Lipinski definition) is 7. The van der Waals surface area contributed by atoms with Crippen LogP contribution in [0.25, 0.3) is 11.1 Å². The highest BCUT2D eigenvalue weighted by Crippen LogP contribution is 2.56. The van der Waals surface area contributed by atoms with Crippen molar-refractivity contribution in [3.8, 4) is 22.6 Å². The van der Waals surface area contributed by atoms with Gasteiger partial charge in [0.25, 0.3) is 34.8 Å². The second-order valence-corrected chi connectivity index (χ2v) is 13.7. The normalized spacial score (nSPS) is 15.4. The van der Waals surface area contributed by atoms with E-state index >= 15 is 0 Å². The molecule has 2 aliphatic rings. The van der Waals surface area contributed by atoms with Crippen molar-refractivity contribution in [2.24, 2.45) is 0 Å². The fourth-order valence-electron chi connectivity index (χ4n) is 6.96. The first-order valence-corrected chi connectivity index (χ1v) is 16.5. The number of imide groups is 2. The van der Waals surface area contributed by atoms with Gasteiger partial charge in [0, 0.05) is 18.2 Å². The molecule has 4 aromatic carbocycles. The first kappa shape index (κ1) is 42.6. The summed E-state index contributed by atoms with van der Waals surface area (Å²) in [5.41, 5.74) is -21.9. The number of benzene rings is 4. The Labute approximate surface area is 323 Å². The Morgan fingerprint density at radius 1 is 0.458 bits per heavy atom. The molecule has 4 amide bonds. The summed E-state index contributed by atoms with van der Waals surface area (Å²) in [5.74, 6) is -4.71. The molecule has 2 aliphatic heterocycles. The van der Waals surface area contributed by atoms with Crippen LogP contribution in [0.4, 0.5) is 58.4 Å². The van der Waals surface area contributed by atoms with Gasteiger partial charge in [-0.1, -0.05) is 6.07 Å². The number of amides is 4. The summed E-state index contributed by atoms with van der Waals surface area (Å²) in [7, 11) is 1.22. The number of rotatable bonds is 6. The Morgan fingerprint density at radius 2 is 0.831 bits per heavy atom. The van der Waals surface area contributed by atoms with Crippen molar-refractivity contribution in [3.63, 3.8) is 0 Å². The average molecular weight is 849 g/mol. The molecule has 0 bridgehead atoms. The van der Waals surface area contributed by atoms with Gasteiger partial charge in [-0.25, -0.2) is 4.90 Å². The number of alkyl halides is 12. The lowest BCUT2D eigenvalue weighted by atomic mass is 9.82. The highest BCUT2D eigenvalue weighted by Gasteiger charge is 2.73. The quantitative estimate of drug-likeness (QED) is 0.147. The van der Waals surface area contributed by atoms with Gasteiger partial charge in [-0.05, 0) is 103 Å². The number of aryl methyl sites for hydroxylation is 3. The number of anilines is 1. The van der Waals surface area contributed by atoms with Crippen molar-refractivity contribution in [2.75, 3.05) is 11.9 Å². The Hall–Kier alpha value is -5.96. The standard InChI is InChI=1S/C38H24F12N2O7/c1-15-9-17(3)26(33(57,35(39,40)41)36(42,43)44)13-22(15)23-14-27(34(58,37(45,46)47)38(48,49)50)28(10-16(23)2)52-31(55)21-8-6-19(12-25(21)32(52)56)59-18-5-7-20-24(11-18)30(54)51(4)29(20)53/h5-14,57-58H,1-4H3. The molecule has 0 saturated carbocycles. The first-order valence-electron chi connectivity index (χ1n) is 16.5. The summed E-state index contributed by atoms with van der Waals surface area (Å²) in [6.45, 7) is 2.69. The van der Waals surface area contributed by atoms with Crippen molar-refractivity contribution in [3.05, 3.63) is 111 Å². The number of ether oxygens (including phenoxy) is 1. The lowest BCUT2D eigenvalue weighted by Gasteiger charge is -2.36. The summed E-state index contributed by atoms with van der Waals surface area (Å²) in [6.07, 6.45) is -26.3. The molecular weight excluding hydrogens is 824 g/mol. The van der Waals surface area contributed by atoms with Crippen LogP contribution >= 0.6 is 0 Å². The number of halogens is 12. The van der Waals surface area contributed by atoms with E-state index in [0.29, 0.717) is 12.1 Å². The van der Waals surface area contributed by atoms with Gasteiger partial charge in [0.15, 0.2) is 0 Å². The van der Waals surface area contributed by atoms with Gasteiger partial charge in [0.1, 0.15) is 11.5 Å². The molecule has 0 spiro atoms. The predicted molar refractivity (Wildman–Crippen MR) is 179 cm³/mol. The predicted octanol–water partition coefficient (Wildman–Crippen LogP) is 8.72. The Morgan fingerprint density at radius 3 is 1.31 bits per heavy atom. The molecule has 0 saturated heterocycles. The second kappa shape index (κ2) is 13.3. The third-order valence-corrected chi connectivity index (χ3v) is 10.0. The monoisotopic (exact) mass is 848 g/mol. The summed E-state index contributed by atoms with van der Waals surface area (Å²) >= 11 is 0. The fraction of sp³-hybridized carbons (Fsp3) is 0.263. The van der Waals surface area contributed by atoms with E-state index in [0.717, 1.165) is 43.9 Å². The molecule has 0 aliphatic carbocycles. The maximum absolute atomic E-state index is 14.6. The van der Waals surface area contributed by atoms with E-state index in [1.54, 1.807) is 0 Å². The number of nitrogens with zero attached hydrogens (tertiary/aromatic N) is 2. The maximum atomic E-state index is 14.6. The molecule has 21 heteroatoms. The molecule has 0 unspecified atom stereocenters. The van der Waals surface area contributed by atoms with Gasteiger partial charge in [-0.2, -0.15) is 52.7 Å². The summed E-state index contributed by atoms with van der Waals surface area (Å²) in [6, 6.07) is 7.58. The molecular formula is C38H24F12N2O7. The van der Waals surface area contributed by atoms with Crippen LogP contribution < -0.4 is 9.64 Å². The smallest absolute Gasteiger partial charge is 0.430 e. The van der Waals surface area contributed by atoms with Crippen LogP contribution in [0.5, 0.6) is 11.5 Å². The Balaban J connectivity index is 1.53. The lowest BCUT2D eigenvalue weighted by molar-refractivity contribution is -0.376. The van der Waals surface area contributed by atoms with E-state index in [-0.39, 0.29) is 45.2 Å². The van der Waals surface area contributed by atoms with E-state index in [1.807, 2.05) is 0 Å². The largest absolute Gasteiger partial charge is 0.457 e. The van der Waals surface area contributed by atoms with E-state index in [9.17, 15) is 82.1 Å². The highest BCUT2D eigenvalue weighted by molar-refractivity contribution is 6.35. The molecule has 6 rings (SSSR count). The molecule has 312 valence electrons. The van der Waals surface area contributed by atoms with Crippen LogP contribution in [-0.4, -0.2) is 70.5 Å². The molecule has 2 N–H and O–H groups in total. The van der Waals surface area contributed by atoms with Crippen LogP contribution in [-0.2, 0) is 11.2 Å². The third-order valence-electron chi connectivity index (χ3n) is 10.0. The third kappa shape index (κ3) is 6.28. The van der Waals surface area contributed by atoms with E-state index < -0.39 is 110 Å². The van der Waals surface area contributed by atoms with E-state index in [1.165, 1.54) is 25.2 Å². The number of hydrogen-bond donors (Lipinski definition) is 2. The van der Waals surface area contributed by atoms with E-state index in [4.69, 9.17) is 4.74 Å². The fourth-order valence-corrected chi connectivity index (χ4v) is 6.96. The number of aliphatic hydroxyl groups is 2. The first-order chi connectivity index (χ1) is 26.9. The topological polar surface area (TPSA) is 124 Å². The van der Waals surface area contributed by atoms with Gasteiger partial charge in [-0.15, -0.1) is 0 Å². The van der Waals surface area contributed by atoms with E-state index in [2.05, 4.69) is 0 Å². The number of fused-ring (bicyclic) bond motifs is 2. The average Bonchev–Trinajstić information content (AvgIpc) is 3.48. The van der Waals surface area contributed by atoms with Crippen molar-refractivity contribution >= 4 is 29.3 Å². The summed E-state index contributed by atoms with van der Waals surface area (Å²) in [4.78, 5) is 52.9. The van der Waals surface area contributed by atoms with Crippen LogP contribution in [0.15, 0.2) is 60.7 Å². The molecule has 9 nitrogen and oxygen atoms in total. The van der Waals surface area contributed by atoms with Gasteiger partial charge >= 0.3 is 24.7 Å². The Kier molecular flexibility index (Phi) is 9.60. The zero-order valence-electron chi connectivity index (χ0n) is 30.1. The molecule has 4 aromatic rings. The molecule has 0 radical (unpaired) electrons. The SMILES string of the molecule is Cc1cc(C)c(C(O)(C(F)(F)F)C(F)(F)F)cc1-c1cc(C(O)(C(F)(F)F)C(F)(F)F)c(N2C(=O)c3ccc(Oc4ccc5c(c4)C(=O)N(C)C5=O)cc3C2=O)cc1C. The summed E-state index contributed by atoms with van der Waals surface area (Å²) < 4.78 is 177. The van der Waals surface area contributed by atoms with Crippen LogP contribution in [0.2, 0.25) is 0 Å². The zero-order valence-corrected chi connectivity index (χ0v) is 30.1. The van der Waals surface area contributed by atoms with Gasteiger partial charge in [0.2, 0.25) is 0 Å². The number of carbonyl (C=O) groups is 4.